The van der Waals surface area contributed by atoms with Crippen LogP contribution in [0.25, 0.3) is 43.5 Å². The Morgan fingerprint density at radius 3 is 1.36 bits per heavy atom. The number of hydrogen-bond donors (Lipinski definition) is 2. The molecule has 0 amide bonds. The smallest absolute Gasteiger partial charge is 0.0533 e. The molecule has 0 atom stereocenters. The van der Waals surface area contributed by atoms with Crippen LogP contribution < -0.4 is 10.9 Å². The Balaban J connectivity index is -0.0000000585. The maximum atomic E-state index is 4.38. The van der Waals surface area contributed by atoms with Crippen molar-refractivity contribution < 1.29 is 80.4 Å². The number of hydrogen-bond acceptors (Lipinski definition) is 7. The van der Waals surface area contributed by atoms with Gasteiger partial charge in [0.05, 0.1) is 5.69 Å². The SMILES string of the molecule is C.C.C.C.CC.CC.CC.CC.CC.CC.CC.CC.[CH3-].[CH3-].[CH3-].[CH3-].[Ir].[Ir].[Ir].[Ir].[c-]1cccc2ccc3cccnc3c12.[c-]1ccccc1-c1ccccn1.[c-]1ccccc1Cc1ccccn1.[c-]1ccsc1-c1ccccn1.c1ccc2c(c1)CNN2. The third-order valence-electron chi connectivity index (χ3n) is 8.81. The van der Waals surface area contributed by atoms with Crippen LogP contribution >= 0.6 is 11.3 Å². The molecule has 0 saturated carbocycles. The first-order valence-corrected chi connectivity index (χ1v) is 28.0. The summed E-state index contributed by atoms with van der Waals surface area (Å²) in [4.78, 5) is 18.2. The van der Waals surface area contributed by atoms with Crippen LogP contribution in [0.3, 0.4) is 0 Å². The van der Waals surface area contributed by atoms with Crippen LogP contribution in [0.15, 0.2) is 206 Å². The molecule has 0 fully saturated rings. The minimum atomic E-state index is 0. The quantitative estimate of drug-likeness (QED) is 0.135. The van der Waals surface area contributed by atoms with Gasteiger partial charge in [-0.1, -0.05) is 212 Å². The van der Waals surface area contributed by atoms with Crippen LogP contribution in [0, 0.1) is 54.0 Å². The normalized spacial score (nSPS) is 7.86. The van der Waals surface area contributed by atoms with Crippen LogP contribution in [0.4, 0.5) is 5.69 Å². The van der Waals surface area contributed by atoms with Crippen molar-refractivity contribution in [2.24, 2.45) is 0 Å². The fourth-order valence-corrected chi connectivity index (χ4v) is 6.61. The molecule has 6 heterocycles. The topological polar surface area (TPSA) is 75.6 Å². The third-order valence-corrected chi connectivity index (χ3v) is 9.65. The van der Waals surface area contributed by atoms with E-state index in [2.05, 4.69) is 97.5 Å². The molecule has 1 aliphatic rings. The number of thiophene rings is 1. The van der Waals surface area contributed by atoms with Crippen LogP contribution in [-0.2, 0) is 93.4 Å². The number of nitrogens with one attached hydrogen (secondary N) is 2. The Labute approximate surface area is 596 Å². The zero-order valence-electron chi connectivity index (χ0n) is 53.6. The summed E-state index contributed by atoms with van der Waals surface area (Å²) < 4.78 is 0. The van der Waals surface area contributed by atoms with Gasteiger partial charge in [-0.2, -0.15) is 48.0 Å². The van der Waals surface area contributed by atoms with Gasteiger partial charge in [0.1, 0.15) is 0 Å². The second kappa shape index (κ2) is 85.5. The fraction of sp³-hybridized carbons (Fsp3) is 0.289. The molecule has 6 nitrogen and oxygen atoms in total. The van der Waals surface area contributed by atoms with Crippen molar-refractivity contribution >= 4 is 38.7 Å². The summed E-state index contributed by atoms with van der Waals surface area (Å²) in [5.41, 5.74) is 15.0. The van der Waals surface area contributed by atoms with Gasteiger partial charge in [0.15, 0.2) is 0 Å². The van der Waals surface area contributed by atoms with Gasteiger partial charge in [-0.3, -0.25) is 4.98 Å². The summed E-state index contributed by atoms with van der Waals surface area (Å²) >= 11 is 1.66. The Bertz CT molecular complexity index is 2570. The van der Waals surface area contributed by atoms with Crippen molar-refractivity contribution in [3.8, 4) is 21.8 Å². The molecule has 0 bridgehead atoms. The zero-order valence-corrected chi connectivity index (χ0v) is 64.0. The monoisotopic (exact) mass is 1920 g/mol. The Morgan fingerprint density at radius 1 is 0.402 bits per heavy atom. The number of pyridine rings is 4. The molecule has 500 valence electrons. The molecule has 2 N–H and O–H groups in total. The van der Waals surface area contributed by atoms with Gasteiger partial charge in [0.2, 0.25) is 0 Å². The van der Waals surface area contributed by atoms with Crippen molar-refractivity contribution in [1.29, 1.82) is 0 Å². The molecule has 0 unspecified atom stereocenters. The molecule has 11 heteroatoms. The third kappa shape index (κ3) is 48.8. The van der Waals surface area contributed by atoms with E-state index < -0.39 is 0 Å². The summed E-state index contributed by atoms with van der Waals surface area (Å²) in [6.45, 7) is 32.9. The predicted molar refractivity (Wildman–Crippen MR) is 386 cm³/mol. The molecule has 1 aliphatic heterocycles. The second-order valence-electron chi connectivity index (χ2n) is 12.9. The van der Waals surface area contributed by atoms with Crippen LogP contribution in [-0.4, -0.2) is 19.9 Å². The minimum absolute atomic E-state index is 0. The van der Waals surface area contributed by atoms with Gasteiger partial charge in [-0.15, -0.1) is 76.3 Å². The molecule has 11 rings (SSSR count). The minimum Gasteiger partial charge on any atom is -0.358 e. The van der Waals surface area contributed by atoms with E-state index in [4.69, 9.17) is 0 Å². The summed E-state index contributed by atoms with van der Waals surface area (Å²) in [5.74, 6) is 0. The van der Waals surface area contributed by atoms with Gasteiger partial charge in [0.25, 0.3) is 0 Å². The first kappa shape index (κ1) is 117. The Kier molecular flexibility index (Phi) is 115. The first-order chi connectivity index (χ1) is 37.3. The van der Waals surface area contributed by atoms with Crippen LogP contribution in [0.5, 0.6) is 0 Å². The number of anilines is 1. The molecule has 0 spiro atoms. The number of hydrazine groups is 1. The summed E-state index contributed by atoms with van der Waals surface area (Å²) in [6.07, 6.45) is 8.08. The maximum Gasteiger partial charge on any atom is 0.0533 e. The van der Waals surface area contributed by atoms with Gasteiger partial charge in [-0.25, -0.2) is 16.8 Å². The Hall–Kier alpha value is -4.72. The number of rotatable bonds is 4. The van der Waals surface area contributed by atoms with Crippen LogP contribution in [0.2, 0.25) is 0 Å². The number of benzene rings is 5. The molecule has 10 aromatic rings. The van der Waals surface area contributed by atoms with Crippen molar-refractivity contribution in [2.45, 2.75) is 153 Å². The second-order valence-corrected chi connectivity index (χ2v) is 13.8. The fourth-order valence-electron chi connectivity index (χ4n) is 5.96. The van der Waals surface area contributed by atoms with E-state index in [0.29, 0.717) is 0 Å². The van der Waals surface area contributed by atoms with E-state index >= 15 is 0 Å². The van der Waals surface area contributed by atoms with E-state index in [-0.39, 0.29) is 140 Å². The van der Waals surface area contributed by atoms with E-state index in [1.165, 1.54) is 27.6 Å². The molecular formula is C76H116Ir4N6S-8. The molecule has 4 radical (unpaired) electrons. The number of nitrogens with zero attached hydrogens (tertiary/aromatic N) is 4. The molecule has 5 aromatic heterocycles. The van der Waals surface area contributed by atoms with Gasteiger partial charge >= 0.3 is 0 Å². The van der Waals surface area contributed by atoms with Crippen molar-refractivity contribution in [2.75, 3.05) is 5.43 Å². The van der Waals surface area contributed by atoms with Gasteiger partial charge < -0.3 is 50.1 Å². The average molecular weight is 1910 g/mol. The summed E-state index contributed by atoms with van der Waals surface area (Å²) in [7, 11) is 0. The van der Waals surface area contributed by atoms with Crippen molar-refractivity contribution in [3.05, 3.63) is 277 Å². The maximum absolute atomic E-state index is 4.38. The molecule has 0 aliphatic carbocycles. The molecule has 87 heavy (non-hydrogen) atoms. The van der Waals surface area contributed by atoms with Crippen LogP contribution in [0.1, 0.15) is 157 Å². The average Bonchev–Trinajstić information content (AvgIpc) is 4.46. The largest absolute Gasteiger partial charge is 0.358 e. The Morgan fingerprint density at radius 2 is 0.874 bits per heavy atom. The van der Waals surface area contributed by atoms with E-state index in [1.54, 1.807) is 23.7 Å². The van der Waals surface area contributed by atoms with Gasteiger partial charge in [-0.05, 0) is 70.7 Å². The summed E-state index contributed by atoms with van der Waals surface area (Å²) in [5, 5.41) is 5.47. The molecule has 5 aromatic carbocycles. The van der Waals surface area contributed by atoms with E-state index in [1.807, 2.05) is 262 Å². The van der Waals surface area contributed by atoms with Gasteiger partial charge in [0, 0.05) is 117 Å². The summed E-state index contributed by atoms with van der Waals surface area (Å²) in [6, 6.07) is 70.6. The van der Waals surface area contributed by atoms with E-state index in [0.717, 1.165) is 51.4 Å². The standard InChI is InChI=1S/C13H8N.C12H10N.C11H8N.C9H6NS.C7H8N2.8C2H6.4CH4.4CH3.4Ir/c1-2-6-12-10(4-1)7-8-11-5-3-9-14-13(11)12;1-2-6-11(7-3-1)10-12-8-4-5-9-13-12;1-2-6-10(7-3-1)11-8-4-5-9-12-11;1-2-6-10-8(4-1)9-5-3-7-11-9;1-2-4-7-6(3-1)5-8-9-7;8*1-2;;;;;;;;;;;;/h1-5,7-9H;1-6,8-9H,10H2;1-6,8-9H;1-4,6-7H;1-4,8-9H,5H2;8*1-2H3;4*1H4;4*1H3;;;;/q4*-1;;;;;;;;;;;;;;4*-1;;;;. The molecular weight excluding hydrogens is 1800 g/mol. The molecule has 0 saturated heterocycles. The predicted octanol–water partition coefficient (Wildman–Crippen LogP) is 24.5. The van der Waals surface area contributed by atoms with E-state index in [9.17, 15) is 0 Å². The van der Waals surface area contributed by atoms with Crippen molar-refractivity contribution in [1.82, 2.24) is 25.4 Å². The zero-order chi connectivity index (χ0) is 56.2. The number of para-hydroxylation sites is 1. The number of fused-ring (bicyclic) bond motifs is 4. The van der Waals surface area contributed by atoms with Crippen molar-refractivity contribution in [3.63, 3.8) is 0 Å². The number of aromatic nitrogens is 4. The first-order valence-electron chi connectivity index (χ1n) is 27.1.